The standard InChI is InChI=1S/C27H29N3O3/c1-27(2,16-19-10-12-21(13-11-19)32-15-14-28)29-17-20(31)18-33-25-9-5-8-24-26(25)22-6-3-4-7-23(22)30-24/h3-13,20,29-31H,15-18H2,1-2H3/t20-/m0/s1. The maximum absolute atomic E-state index is 10.6. The lowest BCUT2D eigenvalue weighted by Crippen LogP contribution is -2.46. The molecule has 0 unspecified atom stereocenters. The SMILES string of the molecule is CC(C)(Cc1ccc(OCC#N)cc1)NC[C@H](O)COc1cccc2[nH]c3ccccc3c12. The van der Waals surface area contributed by atoms with Crippen molar-refractivity contribution in [2.75, 3.05) is 19.8 Å². The predicted molar refractivity (Wildman–Crippen MR) is 131 cm³/mol. The highest BCUT2D eigenvalue weighted by Crippen LogP contribution is 2.33. The van der Waals surface area contributed by atoms with Crippen LogP contribution in [0.4, 0.5) is 0 Å². The van der Waals surface area contributed by atoms with Gasteiger partial charge in [-0.1, -0.05) is 36.4 Å². The Hall–Kier alpha value is -3.53. The van der Waals surface area contributed by atoms with E-state index in [-0.39, 0.29) is 18.8 Å². The van der Waals surface area contributed by atoms with Gasteiger partial charge in [-0.3, -0.25) is 0 Å². The number of H-pyrrole nitrogens is 1. The number of benzene rings is 3. The van der Waals surface area contributed by atoms with E-state index in [1.807, 2.05) is 66.7 Å². The number of para-hydroxylation sites is 1. The zero-order valence-electron chi connectivity index (χ0n) is 19.0. The van der Waals surface area contributed by atoms with Crippen LogP contribution in [0.25, 0.3) is 21.8 Å². The second-order valence-electron chi connectivity index (χ2n) is 8.85. The van der Waals surface area contributed by atoms with E-state index in [0.717, 1.165) is 39.5 Å². The predicted octanol–water partition coefficient (Wildman–Crippen LogP) is 4.57. The first kappa shape index (κ1) is 22.7. The van der Waals surface area contributed by atoms with Crippen molar-refractivity contribution in [1.82, 2.24) is 10.3 Å². The molecule has 0 saturated carbocycles. The fraction of sp³-hybridized carbons (Fsp3) is 0.296. The van der Waals surface area contributed by atoms with Gasteiger partial charge in [-0.15, -0.1) is 0 Å². The third-order valence-corrected chi connectivity index (χ3v) is 5.61. The van der Waals surface area contributed by atoms with Crippen LogP contribution in [0.2, 0.25) is 0 Å². The van der Waals surface area contributed by atoms with Gasteiger partial charge in [0.05, 0.1) is 5.52 Å². The molecule has 170 valence electrons. The van der Waals surface area contributed by atoms with Crippen LogP contribution in [0.1, 0.15) is 19.4 Å². The van der Waals surface area contributed by atoms with Crippen molar-refractivity contribution in [2.24, 2.45) is 0 Å². The molecular formula is C27H29N3O3. The van der Waals surface area contributed by atoms with Crippen LogP contribution >= 0.6 is 0 Å². The van der Waals surface area contributed by atoms with Gasteiger partial charge >= 0.3 is 0 Å². The Kier molecular flexibility index (Phi) is 6.83. The normalized spacial score (nSPS) is 12.5. The molecule has 1 heterocycles. The average molecular weight is 444 g/mol. The largest absolute Gasteiger partial charge is 0.490 e. The summed E-state index contributed by atoms with van der Waals surface area (Å²) in [6, 6.07) is 23.8. The van der Waals surface area contributed by atoms with Crippen LogP contribution in [-0.4, -0.2) is 41.5 Å². The zero-order chi connectivity index (χ0) is 23.3. The van der Waals surface area contributed by atoms with Gasteiger partial charge in [0, 0.05) is 28.4 Å². The van der Waals surface area contributed by atoms with Gasteiger partial charge in [-0.05, 0) is 56.2 Å². The molecule has 0 aliphatic rings. The Labute approximate surface area is 193 Å². The molecular weight excluding hydrogens is 414 g/mol. The molecule has 0 saturated heterocycles. The van der Waals surface area contributed by atoms with Crippen LogP contribution in [-0.2, 0) is 6.42 Å². The van der Waals surface area contributed by atoms with E-state index < -0.39 is 6.10 Å². The number of hydrogen-bond acceptors (Lipinski definition) is 5. The highest BCUT2D eigenvalue weighted by Gasteiger charge is 2.20. The van der Waals surface area contributed by atoms with Gasteiger partial charge in [-0.2, -0.15) is 5.26 Å². The van der Waals surface area contributed by atoms with Crippen molar-refractivity contribution in [3.05, 3.63) is 72.3 Å². The number of rotatable bonds is 10. The molecule has 0 radical (unpaired) electrons. The molecule has 3 N–H and O–H groups in total. The fourth-order valence-corrected chi connectivity index (χ4v) is 4.02. The number of fused-ring (bicyclic) bond motifs is 3. The Bertz CT molecular complexity index is 1260. The number of β-amino-alcohol motifs (C(OH)–C–C–N with tert-alkyl or cyclic N) is 1. The van der Waals surface area contributed by atoms with E-state index in [2.05, 4.69) is 30.2 Å². The Balaban J connectivity index is 1.32. The second kappa shape index (κ2) is 9.95. The number of nitrogens with one attached hydrogen (secondary N) is 2. The van der Waals surface area contributed by atoms with Crippen molar-refractivity contribution in [1.29, 1.82) is 5.26 Å². The molecule has 3 aromatic carbocycles. The van der Waals surface area contributed by atoms with Crippen molar-refractivity contribution in [3.63, 3.8) is 0 Å². The third-order valence-electron chi connectivity index (χ3n) is 5.61. The van der Waals surface area contributed by atoms with Gasteiger partial charge in [0.2, 0.25) is 0 Å². The van der Waals surface area contributed by atoms with Crippen LogP contribution < -0.4 is 14.8 Å². The summed E-state index contributed by atoms with van der Waals surface area (Å²) in [6.45, 7) is 4.87. The van der Waals surface area contributed by atoms with Crippen molar-refractivity contribution >= 4 is 21.8 Å². The number of aromatic nitrogens is 1. The summed E-state index contributed by atoms with van der Waals surface area (Å²) in [5.74, 6) is 1.45. The van der Waals surface area contributed by atoms with Crippen LogP contribution in [0.3, 0.4) is 0 Å². The molecule has 0 bridgehead atoms. The minimum atomic E-state index is -0.647. The highest BCUT2D eigenvalue weighted by molar-refractivity contribution is 6.10. The lowest BCUT2D eigenvalue weighted by Gasteiger charge is -2.28. The number of hydrogen-bond donors (Lipinski definition) is 3. The van der Waals surface area contributed by atoms with Crippen LogP contribution in [0.5, 0.6) is 11.5 Å². The van der Waals surface area contributed by atoms with Crippen LogP contribution in [0, 0.1) is 11.3 Å². The summed E-state index contributed by atoms with van der Waals surface area (Å²) < 4.78 is 11.3. The quantitative estimate of drug-likeness (QED) is 0.334. The smallest absolute Gasteiger partial charge is 0.174 e. The molecule has 1 atom stereocenters. The summed E-state index contributed by atoms with van der Waals surface area (Å²) in [5.41, 5.74) is 3.02. The molecule has 0 spiro atoms. The van der Waals surface area contributed by atoms with Crippen molar-refractivity contribution in [3.8, 4) is 17.6 Å². The summed E-state index contributed by atoms with van der Waals surface area (Å²) in [6.07, 6.45) is 0.139. The Morgan fingerprint density at radius 1 is 1.00 bits per heavy atom. The molecule has 0 aliphatic carbocycles. The van der Waals surface area contributed by atoms with Crippen LogP contribution in [0.15, 0.2) is 66.7 Å². The minimum absolute atomic E-state index is 0.0428. The van der Waals surface area contributed by atoms with E-state index in [0.29, 0.717) is 12.3 Å². The number of aliphatic hydroxyl groups is 1. The highest BCUT2D eigenvalue weighted by atomic mass is 16.5. The molecule has 0 fully saturated rings. The monoisotopic (exact) mass is 443 g/mol. The van der Waals surface area contributed by atoms with E-state index in [1.165, 1.54) is 0 Å². The Morgan fingerprint density at radius 2 is 1.76 bits per heavy atom. The number of ether oxygens (including phenoxy) is 2. The summed E-state index contributed by atoms with van der Waals surface area (Å²) >= 11 is 0. The number of nitriles is 1. The summed E-state index contributed by atoms with van der Waals surface area (Å²) in [7, 11) is 0. The number of aromatic amines is 1. The Morgan fingerprint density at radius 3 is 2.55 bits per heavy atom. The minimum Gasteiger partial charge on any atom is -0.490 e. The molecule has 1 aromatic heterocycles. The van der Waals surface area contributed by atoms with E-state index in [9.17, 15) is 5.11 Å². The maximum atomic E-state index is 10.6. The fourth-order valence-electron chi connectivity index (χ4n) is 4.02. The summed E-state index contributed by atoms with van der Waals surface area (Å²) in [4.78, 5) is 3.41. The molecule has 4 aromatic rings. The van der Waals surface area contributed by atoms with E-state index in [1.54, 1.807) is 0 Å². The van der Waals surface area contributed by atoms with Gasteiger partial charge in [0.25, 0.3) is 0 Å². The van der Waals surface area contributed by atoms with Crippen molar-refractivity contribution in [2.45, 2.75) is 31.9 Å². The lowest BCUT2D eigenvalue weighted by atomic mass is 9.94. The van der Waals surface area contributed by atoms with Crippen molar-refractivity contribution < 1.29 is 14.6 Å². The van der Waals surface area contributed by atoms with E-state index in [4.69, 9.17) is 14.7 Å². The first-order valence-electron chi connectivity index (χ1n) is 11.1. The zero-order valence-corrected chi connectivity index (χ0v) is 19.0. The second-order valence-corrected chi connectivity index (χ2v) is 8.85. The molecule has 0 aliphatic heterocycles. The third kappa shape index (κ3) is 5.64. The number of nitrogens with zero attached hydrogens (tertiary/aromatic N) is 1. The van der Waals surface area contributed by atoms with E-state index >= 15 is 0 Å². The summed E-state index contributed by atoms with van der Waals surface area (Å²) in [5, 5.41) is 24.8. The lowest BCUT2D eigenvalue weighted by molar-refractivity contribution is 0.0996. The van der Waals surface area contributed by atoms with Gasteiger partial charge < -0.3 is 24.9 Å². The molecule has 0 amide bonds. The molecule has 33 heavy (non-hydrogen) atoms. The number of aliphatic hydroxyl groups excluding tert-OH is 1. The molecule has 4 rings (SSSR count). The molecule has 6 nitrogen and oxygen atoms in total. The topological polar surface area (TPSA) is 90.3 Å². The van der Waals surface area contributed by atoms with Gasteiger partial charge in [0.15, 0.2) is 6.61 Å². The maximum Gasteiger partial charge on any atom is 0.174 e. The first-order valence-corrected chi connectivity index (χ1v) is 11.1. The van der Waals surface area contributed by atoms with Gasteiger partial charge in [-0.25, -0.2) is 0 Å². The molecule has 6 heteroatoms. The average Bonchev–Trinajstić information content (AvgIpc) is 3.20. The van der Waals surface area contributed by atoms with Gasteiger partial charge in [0.1, 0.15) is 30.3 Å². The first-order chi connectivity index (χ1) is 15.9.